The van der Waals surface area contributed by atoms with Crippen molar-refractivity contribution in [3.8, 4) is 22.9 Å². The number of aryl methyl sites for hydroxylation is 3. The predicted molar refractivity (Wildman–Crippen MR) is 133 cm³/mol. The highest BCUT2D eigenvalue weighted by Gasteiger charge is 2.20. The molecule has 0 saturated heterocycles. The van der Waals surface area contributed by atoms with E-state index in [0.717, 1.165) is 27.8 Å². The lowest BCUT2D eigenvalue weighted by Crippen LogP contribution is -2.16. The predicted octanol–water partition coefficient (Wildman–Crippen LogP) is 5.59. The molecule has 8 heteroatoms. The van der Waals surface area contributed by atoms with E-state index in [1.807, 2.05) is 63.2 Å². The Morgan fingerprint density at radius 2 is 1.62 bits per heavy atom. The lowest BCUT2D eigenvalue weighted by molar-refractivity contribution is 0.459. The number of hydrogen-bond donors (Lipinski definition) is 2. The van der Waals surface area contributed by atoms with Crippen LogP contribution in [0.25, 0.3) is 11.3 Å². The molecule has 0 saturated carbocycles. The van der Waals surface area contributed by atoms with Crippen molar-refractivity contribution in [2.45, 2.75) is 32.2 Å². The van der Waals surface area contributed by atoms with E-state index < -0.39 is 10.0 Å². The molecule has 34 heavy (non-hydrogen) atoms. The molecule has 0 unspecified atom stereocenters. The first-order valence-corrected chi connectivity index (χ1v) is 12.4. The van der Waals surface area contributed by atoms with Gasteiger partial charge in [-0.1, -0.05) is 36.4 Å². The Bertz CT molecular complexity index is 1500. The van der Waals surface area contributed by atoms with Gasteiger partial charge in [0.05, 0.1) is 10.6 Å². The summed E-state index contributed by atoms with van der Waals surface area (Å²) in [4.78, 5) is 9.07. The summed E-state index contributed by atoms with van der Waals surface area (Å²) in [5.74, 6) is 0.842. The standard InChI is InChI=1S/C26H24N4O3S/c1-16-10-11-19-12-23(16)33-24-14-22(25-17(2)6-4-7-18(25)3)28-26(29-24)30-34(31,32)21-9-5-8-20(13-21)27-15-19/h4-14,27H,15H2,1-3H3,(H,28,29,30). The first-order valence-electron chi connectivity index (χ1n) is 10.9. The van der Waals surface area contributed by atoms with Gasteiger partial charge in [0.1, 0.15) is 5.75 Å². The van der Waals surface area contributed by atoms with Gasteiger partial charge in [-0.05, 0) is 67.3 Å². The highest BCUT2D eigenvalue weighted by atomic mass is 32.2. The fraction of sp³-hybridized carbons (Fsp3) is 0.154. The summed E-state index contributed by atoms with van der Waals surface area (Å²) in [6, 6.07) is 20.3. The van der Waals surface area contributed by atoms with E-state index in [4.69, 9.17) is 4.74 Å². The average molecular weight is 473 g/mol. The molecule has 3 aromatic carbocycles. The minimum Gasteiger partial charge on any atom is -0.439 e. The van der Waals surface area contributed by atoms with Crippen molar-refractivity contribution >= 4 is 21.7 Å². The lowest BCUT2D eigenvalue weighted by Gasteiger charge is -2.16. The molecular weight excluding hydrogens is 448 g/mol. The van der Waals surface area contributed by atoms with Gasteiger partial charge in [0.25, 0.3) is 10.0 Å². The number of ether oxygens (including phenoxy) is 1. The van der Waals surface area contributed by atoms with E-state index in [1.165, 1.54) is 6.07 Å². The number of benzene rings is 3. The second-order valence-electron chi connectivity index (χ2n) is 8.37. The average Bonchev–Trinajstić information content (AvgIpc) is 2.79. The molecule has 2 N–H and O–H groups in total. The minimum atomic E-state index is -3.93. The monoisotopic (exact) mass is 472 g/mol. The lowest BCUT2D eigenvalue weighted by atomic mass is 10.00. The molecule has 0 aliphatic carbocycles. The van der Waals surface area contributed by atoms with Gasteiger partial charge in [-0.25, -0.2) is 18.1 Å². The SMILES string of the molecule is Cc1ccc2cc1Oc1cc(-c3c(C)cccc3C)nc(n1)NS(=O)(=O)c1cccc(c1)NC2. The molecule has 0 amide bonds. The molecule has 6 bridgehead atoms. The highest BCUT2D eigenvalue weighted by Crippen LogP contribution is 2.32. The van der Waals surface area contributed by atoms with Gasteiger partial charge in [-0.3, -0.25) is 0 Å². The van der Waals surface area contributed by atoms with Crippen LogP contribution in [-0.4, -0.2) is 18.4 Å². The zero-order valence-corrected chi connectivity index (χ0v) is 19.9. The number of sulfonamides is 1. The van der Waals surface area contributed by atoms with Gasteiger partial charge < -0.3 is 10.1 Å². The molecule has 2 heterocycles. The zero-order chi connectivity index (χ0) is 23.9. The third-order valence-corrected chi connectivity index (χ3v) is 7.10. The molecule has 1 aliphatic heterocycles. The van der Waals surface area contributed by atoms with E-state index in [0.29, 0.717) is 23.7 Å². The van der Waals surface area contributed by atoms with Gasteiger partial charge >= 0.3 is 0 Å². The van der Waals surface area contributed by atoms with Crippen LogP contribution in [0.3, 0.4) is 0 Å². The first kappa shape index (κ1) is 21.9. The molecule has 5 rings (SSSR count). The van der Waals surface area contributed by atoms with Gasteiger partial charge in [-0.15, -0.1) is 0 Å². The van der Waals surface area contributed by atoms with Crippen LogP contribution in [0, 0.1) is 20.8 Å². The number of rotatable bonds is 1. The van der Waals surface area contributed by atoms with Crippen molar-refractivity contribution < 1.29 is 13.2 Å². The fourth-order valence-corrected chi connectivity index (χ4v) is 4.99. The fourth-order valence-electron chi connectivity index (χ4n) is 4.00. The van der Waals surface area contributed by atoms with Crippen molar-refractivity contribution in [3.05, 3.63) is 89.0 Å². The molecule has 1 aliphatic rings. The van der Waals surface area contributed by atoms with Crippen LogP contribution >= 0.6 is 0 Å². The number of aromatic nitrogens is 2. The smallest absolute Gasteiger partial charge is 0.264 e. The summed E-state index contributed by atoms with van der Waals surface area (Å²) in [5.41, 5.74) is 6.15. The topological polar surface area (TPSA) is 93.2 Å². The third-order valence-electron chi connectivity index (χ3n) is 5.77. The summed E-state index contributed by atoms with van der Waals surface area (Å²) in [6.45, 7) is 6.45. The summed E-state index contributed by atoms with van der Waals surface area (Å²) >= 11 is 0. The Labute approximate surface area is 198 Å². The molecule has 0 spiro atoms. The Hall–Kier alpha value is -3.91. The molecule has 0 radical (unpaired) electrons. The highest BCUT2D eigenvalue weighted by molar-refractivity contribution is 7.92. The van der Waals surface area contributed by atoms with E-state index in [1.54, 1.807) is 18.2 Å². The molecule has 0 fully saturated rings. The van der Waals surface area contributed by atoms with Crippen LogP contribution in [-0.2, 0) is 16.6 Å². The zero-order valence-electron chi connectivity index (χ0n) is 19.1. The van der Waals surface area contributed by atoms with Gasteiger partial charge in [-0.2, -0.15) is 4.98 Å². The molecule has 172 valence electrons. The van der Waals surface area contributed by atoms with Gasteiger partial charge in [0.15, 0.2) is 0 Å². The molecule has 4 aromatic rings. The maximum atomic E-state index is 13.2. The maximum Gasteiger partial charge on any atom is 0.264 e. The number of hydrogen-bond acceptors (Lipinski definition) is 6. The first-order chi connectivity index (χ1) is 16.3. The van der Waals surface area contributed by atoms with Crippen molar-refractivity contribution in [2.24, 2.45) is 0 Å². The van der Waals surface area contributed by atoms with Gasteiger partial charge in [0.2, 0.25) is 11.8 Å². The summed E-state index contributed by atoms with van der Waals surface area (Å²) in [7, 11) is -3.93. The van der Waals surface area contributed by atoms with Crippen molar-refractivity contribution in [1.29, 1.82) is 0 Å². The quantitative estimate of drug-likeness (QED) is 0.375. The van der Waals surface area contributed by atoms with Crippen LogP contribution in [0.5, 0.6) is 11.6 Å². The van der Waals surface area contributed by atoms with E-state index >= 15 is 0 Å². The van der Waals surface area contributed by atoms with Crippen LogP contribution in [0.2, 0.25) is 0 Å². The molecule has 0 atom stereocenters. The van der Waals surface area contributed by atoms with E-state index in [9.17, 15) is 8.42 Å². The number of anilines is 2. The second kappa shape index (κ2) is 8.46. The molecular formula is C26H24N4O3S. The Balaban J connectivity index is 1.72. The van der Waals surface area contributed by atoms with Crippen LogP contribution in [0.1, 0.15) is 22.3 Å². The Morgan fingerprint density at radius 1 is 0.853 bits per heavy atom. The van der Waals surface area contributed by atoms with Crippen LogP contribution < -0.4 is 14.8 Å². The summed E-state index contributed by atoms with van der Waals surface area (Å²) in [6.07, 6.45) is 0. The van der Waals surface area contributed by atoms with E-state index in [2.05, 4.69) is 20.0 Å². The van der Waals surface area contributed by atoms with Crippen molar-refractivity contribution in [3.63, 3.8) is 0 Å². The van der Waals surface area contributed by atoms with E-state index in [-0.39, 0.29) is 16.7 Å². The van der Waals surface area contributed by atoms with Crippen molar-refractivity contribution in [2.75, 3.05) is 10.0 Å². The Kier molecular flexibility index (Phi) is 5.45. The van der Waals surface area contributed by atoms with Crippen LogP contribution in [0.15, 0.2) is 71.6 Å². The normalized spacial score (nSPS) is 14.2. The summed E-state index contributed by atoms with van der Waals surface area (Å²) < 4.78 is 35.1. The maximum absolute atomic E-state index is 13.2. The number of fused-ring (bicyclic) bond motifs is 6. The third kappa shape index (κ3) is 4.32. The summed E-state index contributed by atoms with van der Waals surface area (Å²) in [5, 5.41) is 3.28. The molecule has 1 aromatic heterocycles. The second-order valence-corrected chi connectivity index (χ2v) is 10.1. The molecule has 7 nitrogen and oxygen atoms in total. The van der Waals surface area contributed by atoms with Gasteiger partial charge in [0, 0.05) is 23.9 Å². The number of nitrogens with zero attached hydrogens (tertiary/aromatic N) is 2. The van der Waals surface area contributed by atoms with Crippen molar-refractivity contribution in [1.82, 2.24) is 9.97 Å². The largest absolute Gasteiger partial charge is 0.439 e. The number of nitrogens with one attached hydrogen (secondary N) is 2. The Morgan fingerprint density at radius 3 is 2.41 bits per heavy atom. The van der Waals surface area contributed by atoms with Crippen LogP contribution in [0.4, 0.5) is 11.6 Å². The minimum absolute atomic E-state index is 0.0561.